The van der Waals surface area contributed by atoms with E-state index in [4.69, 9.17) is 22.9 Å². The molecule has 0 aliphatic heterocycles. The van der Waals surface area contributed by atoms with Crippen molar-refractivity contribution in [3.63, 3.8) is 0 Å². The van der Waals surface area contributed by atoms with Crippen LogP contribution in [0.25, 0.3) is 0 Å². The molecule has 59 heavy (non-hydrogen) atoms. The molecule has 23 nitrogen and oxygen atoms in total. The average molecular weight is 844 g/mol. The lowest BCUT2D eigenvalue weighted by atomic mass is 10.0. The Morgan fingerprint density at radius 1 is 0.610 bits per heavy atom. The molecule has 338 valence electrons. The molecule has 0 aromatic rings. The molecule has 8 atom stereocenters. The first kappa shape index (κ1) is 54.2. The second kappa shape index (κ2) is 30.3. The molecule has 0 saturated carbocycles. The number of aldehydes is 1. The van der Waals surface area contributed by atoms with Crippen molar-refractivity contribution in [2.24, 2.45) is 22.9 Å². The monoisotopic (exact) mass is 844 g/mol. The summed E-state index contributed by atoms with van der Waals surface area (Å²) in [5.74, 6) is -5.12. The number of carbonyl (C=O) groups excluding carboxylic acids is 9. The normalized spacial score (nSPS) is 15.1. The van der Waals surface area contributed by atoms with Crippen molar-refractivity contribution in [1.82, 2.24) is 47.4 Å². The second-order valence-corrected chi connectivity index (χ2v) is 14.0. The molecule has 0 aliphatic carbocycles. The van der Waals surface area contributed by atoms with Gasteiger partial charge in [-0.05, 0) is 92.5 Å². The minimum Gasteiger partial charge on any atom is -0.391 e. The highest BCUT2D eigenvalue weighted by molar-refractivity contribution is 5.94. The minimum absolute atomic E-state index is 0.00828. The van der Waals surface area contributed by atoms with Crippen LogP contribution in [0.5, 0.6) is 0 Å². The van der Waals surface area contributed by atoms with Crippen LogP contribution in [0.4, 0.5) is 0 Å². The fourth-order valence-electron chi connectivity index (χ4n) is 5.76. The van der Waals surface area contributed by atoms with Crippen molar-refractivity contribution in [1.29, 1.82) is 0 Å². The Balaban J connectivity index is 5.42. The number of aliphatic hydroxyl groups excluding tert-OH is 1. The molecule has 0 aromatic heterocycles. The van der Waals surface area contributed by atoms with E-state index in [0.29, 0.717) is 12.7 Å². The van der Waals surface area contributed by atoms with Crippen LogP contribution in [0.1, 0.15) is 72.6 Å². The molecule has 23 heteroatoms. The average Bonchev–Trinajstić information content (AvgIpc) is 3.18. The number of aliphatic hydroxyl groups is 1. The highest BCUT2D eigenvalue weighted by Gasteiger charge is 2.33. The highest BCUT2D eigenvalue weighted by Crippen LogP contribution is 2.12. The number of hydrogen-bond acceptors (Lipinski definition) is 15. The molecule has 0 spiro atoms. The van der Waals surface area contributed by atoms with Crippen molar-refractivity contribution in [2.45, 2.75) is 121 Å². The van der Waals surface area contributed by atoms with Crippen molar-refractivity contribution in [3.8, 4) is 0 Å². The van der Waals surface area contributed by atoms with E-state index in [1.54, 1.807) is 32.7 Å². The van der Waals surface area contributed by atoms with Crippen molar-refractivity contribution < 1.29 is 48.3 Å². The minimum atomic E-state index is -1.28. The third kappa shape index (κ3) is 21.1. The van der Waals surface area contributed by atoms with E-state index in [9.17, 15) is 48.3 Å². The Kier molecular flexibility index (Phi) is 27.8. The quantitative estimate of drug-likeness (QED) is 0.0289. The number of amides is 8. The van der Waals surface area contributed by atoms with Crippen molar-refractivity contribution in [3.05, 3.63) is 0 Å². The summed E-state index contributed by atoms with van der Waals surface area (Å²) in [6.45, 7) is 5.88. The Labute approximate surface area is 345 Å². The number of rotatable bonds is 31. The zero-order valence-corrected chi connectivity index (χ0v) is 35.0. The smallest absolute Gasteiger partial charge is 0.245 e. The molecule has 0 rings (SSSR count). The topological polar surface area (TPSA) is 377 Å². The molecule has 0 aliphatic rings. The summed E-state index contributed by atoms with van der Waals surface area (Å²) in [5, 5.41) is 30.0. The van der Waals surface area contributed by atoms with Crippen molar-refractivity contribution >= 4 is 53.5 Å². The van der Waals surface area contributed by atoms with Gasteiger partial charge in [-0.15, -0.1) is 0 Å². The third-order valence-corrected chi connectivity index (χ3v) is 9.07. The summed E-state index contributed by atoms with van der Waals surface area (Å²) in [6.07, 6.45) is 0.356. The van der Waals surface area contributed by atoms with Gasteiger partial charge in [0.25, 0.3) is 0 Å². The van der Waals surface area contributed by atoms with Gasteiger partial charge in [0.2, 0.25) is 47.3 Å². The maximum absolute atomic E-state index is 13.5. The molecule has 0 radical (unpaired) electrons. The fraction of sp³-hybridized carbons (Fsp3) is 0.750. The van der Waals surface area contributed by atoms with Crippen LogP contribution in [-0.4, -0.2) is 165 Å². The Hall–Kier alpha value is -4.81. The van der Waals surface area contributed by atoms with Crippen LogP contribution in [0.3, 0.4) is 0 Å². The van der Waals surface area contributed by atoms with Gasteiger partial charge in [0.15, 0.2) is 0 Å². The summed E-state index contributed by atoms with van der Waals surface area (Å²) < 4.78 is 0. The molecule has 0 bridgehead atoms. The molecular formula is C36H69N13O10. The van der Waals surface area contributed by atoms with Gasteiger partial charge < -0.3 is 75.4 Å². The Morgan fingerprint density at radius 2 is 1.08 bits per heavy atom. The predicted molar refractivity (Wildman–Crippen MR) is 217 cm³/mol. The first-order valence-electron chi connectivity index (χ1n) is 19.9. The first-order chi connectivity index (χ1) is 27.9. The summed E-state index contributed by atoms with van der Waals surface area (Å²) in [7, 11) is 1.60. The zero-order chi connectivity index (χ0) is 45.1. The number of nitrogens with zero attached hydrogens (tertiary/aromatic N) is 1. The van der Waals surface area contributed by atoms with Gasteiger partial charge in [0, 0.05) is 19.0 Å². The van der Waals surface area contributed by atoms with Gasteiger partial charge in [-0.1, -0.05) is 6.92 Å². The van der Waals surface area contributed by atoms with Crippen LogP contribution in [0.2, 0.25) is 0 Å². The predicted octanol–water partition coefficient (Wildman–Crippen LogP) is -6.37. The van der Waals surface area contributed by atoms with E-state index in [0.717, 1.165) is 0 Å². The van der Waals surface area contributed by atoms with Gasteiger partial charge >= 0.3 is 0 Å². The lowest BCUT2D eigenvalue weighted by molar-refractivity contribution is -0.135. The zero-order valence-electron chi connectivity index (χ0n) is 35.0. The molecule has 8 amide bonds. The number of nitrogens with two attached hydrogens (primary N) is 4. The summed E-state index contributed by atoms with van der Waals surface area (Å²) >= 11 is 0. The fourth-order valence-corrected chi connectivity index (χ4v) is 5.76. The number of hydrogen-bond donors (Lipinski definition) is 13. The van der Waals surface area contributed by atoms with E-state index in [2.05, 4.69) is 42.5 Å². The standard InChI is InChI=1S/C36H69N13O10/c1-6-8-28(52)45-24(9-13-37)32(55)43-19-30(54)46-25(10-14-38)33(56)42-18-29(53)44-23(20-50)17-21(3)49(5)27(12-16-40)35(58)47-26(11-15-39)34(57)48-31(22(4)51)36(59)41-7-2/h20-27,31,51H,6-19,37-40H2,1-5H3,(H,41,59)(H,42,56)(H,43,55)(H,44,53)(H,45,52)(H,46,54)(H,47,58)(H,48,57)/t21?,22-,23?,24?,25?,26+,27?,31?/m1/s1. The van der Waals surface area contributed by atoms with Crippen molar-refractivity contribution in [2.75, 3.05) is 52.9 Å². The van der Waals surface area contributed by atoms with E-state index in [1.807, 2.05) is 0 Å². The molecule has 0 fully saturated rings. The molecule has 0 saturated heterocycles. The Bertz CT molecular complexity index is 1370. The molecular weight excluding hydrogens is 774 g/mol. The van der Waals surface area contributed by atoms with E-state index < -0.39 is 103 Å². The maximum Gasteiger partial charge on any atom is 0.245 e. The van der Waals surface area contributed by atoms with Gasteiger partial charge in [0.05, 0.1) is 31.3 Å². The van der Waals surface area contributed by atoms with Crippen LogP contribution in [-0.2, 0) is 43.2 Å². The number of likely N-dealkylation sites (N-methyl/N-ethyl adjacent to an activating group) is 2. The number of carbonyl (C=O) groups is 9. The van der Waals surface area contributed by atoms with Crippen LogP contribution < -0.4 is 65.5 Å². The molecule has 0 heterocycles. The van der Waals surface area contributed by atoms with Crippen LogP contribution >= 0.6 is 0 Å². The summed E-state index contributed by atoms with van der Waals surface area (Å²) in [4.78, 5) is 116. The van der Waals surface area contributed by atoms with E-state index in [1.165, 1.54) is 6.92 Å². The third-order valence-electron chi connectivity index (χ3n) is 9.07. The maximum atomic E-state index is 13.5. The summed E-state index contributed by atoms with van der Waals surface area (Å²) in [6, 6.07) is -7.03. The highest BCUT2D eigenvalue weighted by atomic mass is 16.3. The lowest BCUT2D eigenvalue weighted by Crippen LogP contribution is -2.59. The molecule has 0 aromatic carbocycles. The van der Waals surface area contributed by atoms with Gasteiger partial charge in [0.1, 0.15) is 30.5 Å². The lowest BCUT2D eigenvalue weighted by Gasteiger charge is -2.34. The SMILES string of the molecule is CCCC(=O)NC(CCN)C(=O)NCC(=O)NC(CCN)C(=O)NCC(=O)NC(C=O)CC(C)N(C)C(CCN)C(=O)N[C@@H](CCN)C(=O)NC(C(=O)NCC)[C@@H](C)O. The molecule has 17 N–H and O–H groups in total. The van der Waals surface area contributed by atoms with Crippen LogP contribution in [0, 0.1) is 0 Å². The van der Waals surface area contributed by atoms with Gasteiger partial charge in [-0.2, -0.15) is 0 Å². The van der Waals surface area contributed by atoms with Gasteiger partial charge in [-0.3, -0.25) is 43.3 Å². The van der Waals surface area contributed by atoms with Gasteiger partial charge in [-0.25, -0.2) is 0 Å². The second-order valence-electron chi connectivity index (χ2n) is 14.0. The first-order valence-corrected chi connectivity index (χ1v) is 19.9. The summed E-state index contributed by atoms with van der Waals surface area (Å²) in [5.41, 5.74) is 22.7. The molecule has 6 unspecified atom stereocenters. The van der Waals surface area contributed by atoms with Crippen LogP contribution in [0.15, 0.2) is 0 Å². The number of nitrogens with one attached hydrogen (secondary N) is 8. The Morgan fingerprint density at radius 3 is 1.53 bits per heavy atom. The van der Waals surface area contributed by atoms with E-state index >= 15 is 0 Å². The largest absolute Gasteiger partial charge is 0.391 e. The van der Waals surface area contributed by atoms with E-state index in [-0.39, 0.29) is 77.2 Å².